The van der Waals surface area contributed by atoms with Crippen LogP contribution in [0, 0.1) is 19.7 Å². The number of benzene rings is 2. The summed E-state index contributed by atoms with van der Waals surface area (Å²) >= 11 is 0. The fraction of sp³-hybridized carbons (Fsp3) is 0.278. The molecule has 0 radical (unpaired) electrons. The van der Waals surface area contributed by atoms with Gasteiger partial charge in [0.1, 0.15) is 17.3 Å². The summed E-state index contributed by atoms with van der Waals surface area (Å²) in [6, 6.07) is 10.4. The number of carboxylic acid groups (broad SMARTS) is 1. The maximum atomic E-state index is 13.5. The van der Waals surface area contributed by atoms with Gasteiger partial charge in [-0.3, -0.25) is 4.79 Å². The zero-order valence-electron chi connectivity index (χ0n) is 12.7. The van der Waals surface area contributed by atoms with Gasteiger partial charge in [0.05, 0.1) is 0 Å². The van der Waals surface area contributed by atoms with Crippen LogP contribution in [0.15, 0.2) is 36.4 Å². The lowest BCUT2D eigenvalue weighted by Crippen LogP contribution is -1.97. The number of carbonyl (C=O) groups is 1. The van der Waals surface area contributed by atoms with Gasteiger partial charge in [0.2, 0.25) is 0 Å². The van der Waals surface area contributed by atoms with Gasteiger partial charge in [0.25, 0.3) is 0 Å². The molecule has 0 saturated heterocycles. The molecule has 2 aromatic carbocycles. The summed E-state index contributed by atoms with van der Waals surface area (Å²) in [7, 11) is 0. The smallest absolute Gasteiger partial charge is 0.303 e. The SMILES string of the molecule is Cc1cc(Oc2cccc(F)c2C)ccc1CCCC(=O)O. The Balaban J connectivity index is 2.09. The minimum absolute atomic E-state index is 0.167. The molecule has 0 bridgehead atoms. The lowest BCUT2D eigenvalue weighted by molar-refractivity contribution is -0.137. The maximum Gasteiger partial charge on any atom is 0.303 e. The van der Waals surface area contributed by atoms with E-state index in [4.69, 9.17) is 9.84 Å². The van der Waals surface area contributed by atoms with Crippen LogP contribution in [0.25, 0.3) is 0 Å². The van der Waals surface area contributed by atoms with Crippen LogP contribution in [0.4, 0.5) is 4.39 Å². The molecule has 3 nitrogen and oxygen atoms in total. The molecule has 2 rings (SSSR count). The quantitative estimate of drug-likeness (QED) is 0.845. The third-order valence-corrected chi connectivity index (χ3v) is 3.60. The van der Waals surface area contributed by atoms with E-state index in [1.54, 1.807) is 19.1 Å². The number of halogens is 1. The van der Waals surface area contributed by atoms with Gasteiger partial charge >= 0.3 is 5.97 Å². The molecule has 4 heteroatoms. The van der Waals surface area contributed by atoms with Crippen LogP contribution in [0.5, 0.6) is 11.5 Å². The average Bonchev–Trinajstić information content (AvgIpc) is 2.46. The molecule has 0 fully saturated rings. The van der Waals surface area contributed by atoms with Gasteiger partial charge in [-0.2, -0.15) is 0 Å². The fourth-order valence-electron chi connectivity index (χ4n) is 2.27. The molecule has 0 atom stereocenters. The summed E-state index contributed by atoms with van der Waals surface area (Å²) in [5, 5.41) is 8.67. The predicted molar refractivity (Wildman–Crippen MR) is 83.0 cm³/mol. The van der Waals surface area contributed by atoms with Crippen LogP contribution >= 0.6 is 0 Å². The first-order chi connectivity index (χ1) is 10.5. The Morgan fingerprint density at radius 2 is 2.00 bits per heavy atom. The van der Waals surface area contributed by atoms with E-state index in [9.17, 15) is 9.18 Å². The molecule has 116 valence electrons. The Morgan fingerprint density at radius 3 is 2.68 bits per heavy atom. The zero-order valence-corrected chi connectivity index (χ0v) is 12.7. The first kappa shape index (κ1) is 16.0. The second-order valence-corrected chi connectivity index (χ2v) is 5.30. The van der Waals surface area contributed by atoms with E-state index in [1.165, 1.54) is 6.07 Å². The lowest BCUT2D eigenvalue weighted by Gasteiger charge is -2.11. The Bertz CT molecular complexity index is 680. The first-order valence-electron chi connectivity index (χ1n) is 7.21. The van der Waals surface area contributed by atoms with Crippen LogP contribution in [-0.2, 0) is 11.2 Å². The standard InChI is InChI=1S/C18H19FO3/c1-12-11-15(10-9-14(12)5-3-8-18(20)21)22-17-7-4-6-16(19)13(17)2/h4,6-7,9-11H,3,5,8H2,1-2H3,(H,20,21). The zero-order chi connectivity index (χ0) is 16.1. The van der Waals surface area contributed by atoms with Gasteiger partial charge in [-0.1, -0.05) is 12.1 Å². The summed E-state index contributed by atoms with van der Waals surface area (Å²) in [5.74, 6) is 0.0740. The first-order valence-corrected chi connectivity index (χ1v) is 7.21. The van der Waals surface area contributed by atoms with Crippen molar-refractivity contribution in [2.45, 2.75) is 33.1 Å². The number of aryl methyl sites for hydroxylation is 2. The molecule has 22 heavy (non-hydrogen) atoms. The van der Waals surface area contributed by atoms with Crippen LogP contribution in [0.2, 0.25) is 0 Å². The molecule has 0 heterocycles. The molecule has 2 aromatic rings. The predicted octanol–water partition coefficient (Wildman–Crippen LogP) is 4.64. The van der Waals surface area contributed by atoms with Gasteiger partial charge in [0, 0.05) is 12.0 Å². The van der Waals surface area contributed by atoms with E-state index in [0.29, 0.717) is 23.5 Å². The van der Waals surface area contributed by atoms with Gasteiger partial charge < -0.3 is 9.84 Å². The molecule has 0 aliphatic rings. The number of ether oxygens (including phenoxy) is 1. The van der Waals surface area contributed by atoms with E-state index in [2.05, 4.69) is 0 Å². The summed E-state index contributed by atoms with van der Waals surface area (Å²) < 4.78 is 19.2. The van der Waals surface area contributed by atoms with Gasteiger partial charge in [-0.15, -0.1) is 0 Å². The molecular weight excluding hydrogens is 283 g/mol. The van der Waals surface area contributed by atoms with E-state index in [0.717, 1.165) is 17.5 Å². The van der Waals surface area contributed by atoms with Crippen molar-refractivity contribution in [2.75, 3.05) is 0 Å². The van der Waals surface area contributed by atoms with Crippen molar-refractivity contribution in [1.82, 2.24) is 0 Å². The van der Waals surface area contributed by atoms with E-state index in [-0.39, 0.29) is 12.2 Å². The van der Waals surface area contributed by atoms with Crippen LogP contribution in [0.3, 0.4) is 0 Å². The number of aliphatic carboxylic acids is 1. The number of hydrogen-bond acceptors (Lipinski definition) is 2. The van der Waals surface area contributed by atoms with Crippen molar-refractivity contribution in [2.24, 2.45) is 0 Å². The highest BCUT2D eigenvalue weighted by atomic mass is 19.1. The Labute approximate surface area is 129 Å². The second kappa shape index (κ2) is 7.07. The highest BCUT2D eigenvalue weighted by Gasteiger charge is 2.07. The topological polar surface area (TPSA) is 46.5 Å². The summed E-state index contributed by atoms with van der Waals surface area (Å²) in [5.41, 5.74) is 2.62. The number of hydrogen-bond donors (Lipinski definition) is 1. The molecule has 0 aliphatic heterocycles. The van der Waals surface area contributed by atoms with Crippen LogP contribution < -0.4 is 4.74 Å². The molecule has 0 saturated carbocycles. The fourth-order valence-corrected chi connectivity index (χ4v) is 2.27. The van der Waals surface area contributed by atoms with Crippen molar-refractivity contribution in [3.8, 4) is 11.5 Å². The monoisotopic (exact) mass is 302 g/mol. The van der Waals surface area contributed by atoms with Crippen molar-refractivity contribution in [3.05, 3.63) is 58.9 Å². The normalized spacial score (nSPS) is 10.5. The molecular formula is C18H19FO3. The molecule has 0 amide bonds. The van der Waals surface area contributed by atoms with E-state index in [1.807, 2.05) is 25.1 Å². The summed E-state index contributed by atoms with van der Waals surface area (Å²) in [6.45, 7) is 3.64. The number of rotatable bonds is 6. The molecule has 1 N–H and O–H groups in total. The van der Waals surface area contributed by atoms with E-state index >= 15 is 0 Å². The third kappa shape index (κ3) is 4.07. The third-order valence-electron chi connectivity index (χ3n) is 3.60. The van der Waals surface area contributed by atoms with Crippen molar-refractivity contribution in [3.63, 3.8) is 0 Å². The highest BCUT2D eigenvalue weighted by molar-refractivity contribution is 5.66. The minimum Gasteiger partial charge on any atom is -0.481 e. The van der Waals surface area contributed by atoms with Gasteiger partial charge in [-0.05, 0) is 62.1 Å². The summed E-state index contributed by atoms with van der Waals surface area (Å²) in [6.07, 6.45) is 1.50. The van der Waals surface area contributed by atoms with Crippen LogP contribution in [0.1, 0.15) is 29.5 Å². The number of carboxylic acids is 1. The Hall–Kier alpha value is -2.36. The van der Waals surface area contributed by atoms with Gasteiger partial charge in [0.15, 0.2) is 0 Å². The van der Waals surface area contributed by atoms with E-state index < -0.39 is 5.97 Å². The highest BCUT2D eigenvalue weighted by Crippen LogP contribution is 2.28. The van der Waals surface area contributed by atoms with Crippen molar-refractivity contribution < 1.29 is 19.0 Å². The van der Waals surface area contributed by atoms with Crippen molar-refractivity contribution in [1.29, 1.82) is 0 Å². The molecule has 0 aliphatic carbocycles. The Kier molecular flexibility index (Phi) is 5.15. The van der Waals surface area contributed by atoms with Crippen molar-refractivity contribution >= 4 is 5.97 Å². The largest absolute Gasteiger partial charge is 0.481 e. The lowest BCUT2D eigenvalue weighted by atomic mass is 10.0. The minimum atomic E-state index is -0.779. The summed E-state index contributed by atoms with van der Waals surface area (Å²) in [4.78, 5) is 10.5. The average molecular weight is 302 g/mol. The molecule has 0 aromatic heterocycles. The van der Waals surface area contributed by atoms with Gasteiger partial charge in [-0.25, -0.2) is 4.39 Å². The molecule has 0 unspecified atom stereocenters. The second-order valence-electron chi connectivity index (χ2n) is 5.30. The Morgan fingerprint density at radius 1 is 1.23 bits per heavy atom. The maximum absolute atomic E-state index is 13.5. The van der Waals surface area contributed by atoms with Crippen LogP contribution in [-0.4, -0.2) is 11.1 Å². The molecule has 0 spiro atoms.